The van der Waals surface area contributed by atoms with Crippen LogP contribution in [0.1, 0.15) is 36.2 Å². The molecule has 1 aliphatic rings. The van der Waals surface area contributed by atoms with E-state index < -0.39 is 10.8 Å². The minimum atomic E-state index is -0.723. The van der Waals surface area contributed by atoms with Gasteiger partial charge in [0.05, 0.1) is 0 Å². The zero-order valence-electron chi connectivity index (χ0n) is 9.86. The Labute approximate surface area is 104 Å². The first-order valence-electron chi connectivity index (χ1n) is 5.80. The number of fused-ring (bicyclic) bond motifs is 1. The molecule has 16 heavy (non-hydrogen) atoms. The number of rotatable bonds is 4. The average molecular weight is 257 g/mol. The molecule has 0 radical (unpaired) electrons. The molecule has 0 aromatic carbocycles. The normalized spacial score (nSPS) is 23.8. The van der Waals surface area contributed by atoms with Crippen molar-refractivity contribution >= 4 is 22.1 Å². The fraction of sp³-hybridized carbons (Fsp3) is 0.667. The van der Waals surface area contributed by atoms with E-state index in [4.69, 9.17) is 0 Å². The number of thiophene rings is 1. The molecule has 0 amide bonds. The summed E-state index contributed by atoms with van der Waals surface area (Å²) in [6.07, 6.45) is 5.51. The number of nitrogens with one attached hydrogen (secondary N) is 1. The van der Waals surface area contributed by atoms with E-state index in [1.54, 1.807) is 6.26 Å². The molecule has 0 spiro atoms. The zero-order chi connectivity index (χ0) is 11.5. The third-order valence-electron chi connectivity index (χ3n) is 3.27. The maximum Gasteiger partial charge on any atom is 0.0441 e. The Morgan fingerprint density at radius 3 is 3.25 bits per heavy atom. The third kappa shape index (κ3) is 2.73. The molecule has 0 aliphatic heterocycles. The predicted molar refractivity (Wildman–Crippen MR) is 71.5 cm³/mol. The van der Waals surface area contributed by atoms with Crippen molar-refractivity contribution in [2.45, 2.75) is 37.5 Å². The van der Waals surface area contributed by atoms with Gasteiger partial charge in [-0.2, -0.15) is 0 Å². The van der Waals surface area contributed by atoms with E-state index in [0.29, 0.717) is 6.04 Å². The second-order valence-corrected chi connectivity index (χ2v) is 7.26. The SMILES string of the molecule is CC(CNC1CCCc2sccc21)S(C)=O. The molecule has 4 heteroatoms. The standard InChI is InChI=1S/C12H19NOS2/c1-9(16(2)14)8-13-11-4-3-5-12-10(11)6-7-15-12/h6-7,9,11,13H,3-5,8H2,1-2H3. The summed E-state index contributed by atoms with van der Waals surface area (Å²) < 4.78 is 11.3. The smallest absolute Gasteiger partial charge is 0.0441 e. The van der Waals surface area contributed by atoms with Crippen molar-refractivity contribution in [3.8, 4) is 0 Å². The molecule has 0 fully saturated rings. The molecule has 1 heterocycles. The fourth-order valence-corrected chi connectivity index (χ4v) is 3.44. The van der Waals surface area contributed by atoms with Crippen LogP contribution in [0.5, 0.6) is 0 Å². The van der Waals surface area contributed by atoms with Crippen molar-refractivity contribution < 1.29 is 4.21 Å². The molecule has 3 unspecified atom stereocenters. The summed E-state index contributed by atoms with van der Waals surface area (Å²) in [7, 11) is -0.723. The van der Waals surface area contributed by atoms with Gasteiger partial charge in [0.1, 0.15) is 0 Å². The summed E-state index contributed by atoms with van der Waals surface area (Å²) >= 11 is 1.87. The van der Waals surface area contributed by atoms with E-state index in [1.807, 2.05) is 18.3 Å². The van der Waals surface area contributed by atoms with Crippen LogP contribution in [0.25, 0.3) is 0 Å². The minimum Gasteiger partial charge on any atom is -0.309 e. The van der Waals surface area contributed by atoms with Gasteiger partial charge in [-0.1, -0.05) is 0 Å². The van der Waals surface area contributed by atoms with Crippen LogP contribution in [0, 0.1) is 0 Å². The monoisotopic (exact) mass is 257 g/mol. The second kappa shape index (κ2) is 5.43. The first-order chi connectivity index (χ1) is 7.68. The number of hydrogen-bond acceptors (Lipinski definition) is 3. The first kappa shape index (κ1) is 12.3. The largest absolute Gasteiger partial charge is 0.309 e. The molecular weight excluding hydrogens is 238 g/mol. The van der Waals surface area contributed by atoms with Crippen LogP contribution in [0.15, 0.2) is 11.4 Å². The van der Waals surface area contributed by atoms with Crippen LogP contribution in [0.2, 0.25) is 0 Å². The molecular formula is C12H19NOS2. The highest BCUT2D eigenvalue weighted by molar-refractivity contribution is 7.84. The quantitative estimate of drug-likeness (QED) is 0.898. The third-order valence-corrected chi connectivity index (χ3v) is 5.57. The maximum atomic E-state index is 11.3. The Hall–Kier alpha value is -0.190. The molecule has 2 nitrogen and oxygen atoms in total. The van der Waals surface area contributed by atoms with Gasteiger partial charge in [-0.15, -0.1) is 11.3 Å². The van der Waals surface area contributed by atoms with Gasteiger partial charge in [-0.25, -0.2) is 0 Å². The van der Waals surface area contributed by atoms with Crippen molar-refractivity contribution in [1.82, 2.24) is 5.32 Å². The molecule has 90 valence electrons. The van der Waals surface area contributed by atoms with Gasteiger partial charge < -0.3 is 5.32 Å². The summed E-state index contributed by atoms with van der Waals surface area (Å²) in [5, 5.41) is 5.99. The van der Waals surface area contributed by atoms with Crippen molar-refractivity contribution in [2.75, 3.05) is 12.8 Å². The second-order valence-electron chi connectivity index (χ2n) is 4.46. The molecule has 0 bridgehead atoms. The van der Waals surface area contributed by atoms with E-state index in [9.17, 15) is 4.21 Å². The first-order valence-corrected chi connectivity index (χ1v) is 8.30. The van der Waals surface area contributed by atoms with Crippen molar-refractivity contribution in [3.63, 3.8) is 0 Å². The molecule has 1 N–H and O–H groups in total. The van der Waals surface area contributed by atoms with E-state index in [-0.39, 0.29) is 5.25 Å². The minimum absolute atomic E-state index is 0.240. The van der Waals surface area contributed by atoms with Gasteiger partial charge in [0, 0.05) is 39.8 Å². The summed E-state index contributed by atoms with van der Waals surface area (Å²) in [5.41, 5.74) is 1.48. The molecule has 0 saturated carbocycles. The van der Waals surface area contributed by atoms with Crippen LogP contribution in [-0.2, 0) is 17.2 Å². The zero-order valence-corrected chi connectivity index (χ0v) is 11.5. The lowest BCUT2D eigenvalue weighted by atomic mass is 9.94. The average Bonchev–Trinajstić information content (AvgIpc) is 2.73. The molecule has 2 rings (SSSR count). The molecule has 3 atom stereocenters. The van der Waals surface area contributed by atoms with Crippen LogP contribution in [0.3, 0.4) is 0 Å². The Morgan fingerprint density at radius 1 is 1.69 bits per heavy atom. The van der Waals surface area contributed by atoms with Crippen molar-refractivity contribution in [2.24, 2.45) is 0 Å². The van der Waals surface area contributed by atoms with E-state index >= 15 is 0 Å². The highest BCUT2D eigenvalue weighted by Crippen LogP contribution is 2.33. The highest BCUT2D eigenvalue weighted by Gasteiger charge is 2.21. The molecule has 0 saturated heterocycles. The van der Waals surface area contributed by atoms with E-state index in [0.717, 1.165) is 6.54 Å². The lowest BCUT2D eigenvalue weighted by Gasteiger charge is -2.25. The van der Waals surface area contributed by atoms with E-state index in [2.05, 4.69) is 16.8 Å². The van der Waals surface area contributed by atoms with Crippen LogP contribution < -0.4 is 5.32 Å². The van der Waals surface area contributed by atoms with Gasteiger partial charge in [0.15, 0.2) is 0 Å². The predicted octanol–water partition coefficient (Wildman–Crippen LogP) is 2.48. The van der Waals surface area contributed by atoms with Crippen LogP contribution >= 0.6 is 11.3 Å². The molecule has 1 aliphatic carbocycles. The molecule has 1 aromatic heterocycles. The Morgan fingerprint density at radius 2 is 2.50 bits per heavy atom. The fourth-order valence-electron chi connectivity index (χ4n) is 2.12. The summed E-state index contributed by atoms with van der Waals surface area (Å²) in [4.78, 5) is 1.54. The van der Waals surface area contributed by atoms with Crippen molar-refractivity contribution in [3.05, 3.63) is 21.9 Å². The molecule has 1 aromatic rings. The van der Waals surface area contributed by atoms with Gasteiger partial charge in [0.25, 0.3) is 0 Å². The Kier molecular flexibility index (Phi) is 4.16. The maximum absolute atomic E-state index is 11.3. The number of aryl methyl sites for hydroxylation is 1. The van der Waals surface area contributed by atoms with Crippen LogP contribution in [0.4, 0.5) is 0 Å². The van der Waals surface area contributed by atoms with Gasteiger partial charge in [-0.3, -0.25) is 4.21 Å². The van der Waals surface area contributed by atoms with Gasteiger partial charge >= 0.3 is 0 Å². The van der Waals surface area contributed by atoms with Gasteiger partial charge in [0.2, 0.25) is 0 Å². The number of hydrogen-bond donors (Lipinski definition) is 1. The van der Waals surface area contributed by atoms with Gasteiger partial charge in [-0.05, 0) is 43.2 Å². The summed E-state index contributed by atoms with van der Waals surface area (Å²) in [6, 6.07) is 2.73. The Balaban J connectivity index is 1.95. The highest BCUT2D eigenvalue weighted by atomic mass is 32.2. The van der Waals surface area contributed by atoms with Crippen molar-refractivity contribution in [1.29, 1.82) is 0 Å². The lowest BCUT2D eigenvalue weighted by Crippen LogP contribution is -2.32. The topological polar surface area (TPSA) is 29.1 Å². The Bertz CT molecular complexity index is 375. The summed E-state index contributed by atoms with van der Waals surface area (Å²) in [6.45, 7) is 2.89. The lowest BCUT2D eigenvalue weighted by molar-refractivity contribution is 0.465. The van der Waals surface area contributed by atoms with E-state index in [1.165, 1.54) is 29.7 Å². The van der Waals surface area contributed by atoms with Crippen LogP contribution in [-0.4, -0.2) is 22.3 Å². The summed E-state index contributed by atoms with van der Waals surface area (Å²) in [5.74, 6) is 0.